The molecule has 0 aliphatic heterocycles. The molecule has 0 saturated heterocycles. The van der Waals surface area contributed by atoms with E-state index in [2.05, 4.69) is 6.07 Å². The van der Waals surface area contributed by atoms with Crippen molar-refractivity contribution in [2.24, 2.45) is 5.92 Å². The van der Waals surface area contributed by atoms with Gasteiger partial charge in [-0.05, 0) is 30.0 Å². The Balaban J connectivity index is 1.88. The third-order valence-electron chi connectivity index (χ3n) is 2.86. The summed E-state index contributed by atoms with van der Waals surface area (Å²) >= 11 is 1.71. The smallest absolute Gasteiger partial charge is 0.123 e. The minimum absolute atomic E-state index is 0.116. The van der Waals surface area contributed by atoms with Crippen molar-refractivity contribution in [1.82, 2.24) is 0 Å². The lowest BCUT2D eigenvalue weighted by molar-refractivity contribution is 0.163. The summed E-state index contributed by atoms with van der Waals surface area (Å²) in [6.45, 7) is 0.628. The number of benzene rings is 1. The van der Waals surface area contributed by atoms with Gasteiger partial charge in [0.05, 0.1) is 13.7 Å². The van der Waals surface area contributed by atoms with Crippen molar-refractivity contribution in [1.29, 1.82) is 0 Å². The van der Waals surface area contributed by atoms with E-state index in [1.807, 2.05) is 35.7 Å². The molecule has 4 heteroatoms. The van der Waals surface area contributed by atoms with Gasteiger partial charge < -0.3 is 14.6 Å². The summed E-state index contributed by atoms with van der Waals surface area (Å²) in [6, 6.07) is 11.6. The molecule has 2 rings (SSSR count). The summed E-state index contributed by atoms with van der Waals surface area (Å²) in [5, 5.41) is 11.5. The van der Waals surface area contributed by atoms with Crippen molar-refractivity contribution in [3.05, 3.63) is 46.7 Å². The molecule has 102 valence electrons. The van der Waals surface area contributed by atoms with Crippen LogP contribution in [0.3, 0.4) is 0 Å². The van der Waals surface area contributed by atoms with Crippen molar-refractivity contribution in [3.63, 3.8) is 0 Å². The Bertz CT molecular complexity index is 482. The van der Waals surface area contributed by atoms with Crippen LogP contribution in [0.1, 0.15) is 4.88 Å². The first kappa shape index (κ1) is 13.9. The molecule has 1 unspecified atom stereocenters. The molecule has 2 aromatic rings. The number of ether oxygens (including phenoxy) is 2. The molecule has 0 radical (unpaired) electrons. The van der Waals surface area contributed by atoms with Gasteiger partial charge in [0.2, 0.25) is 0 Å². The highest BCUT2D eigenvalue weighted by Gasteiger charge is 2.10. The fourth-order valence-electron chi connectivity index (χ4n) is 1.79. The lowest BCUT2D eigenvalue weighted by Gasteiger charge is -2.15. The third kappa shape index (κ3) is 4.26. The molecule has 0 bridgehead atoms. The number of aliphatic hydroxyl groups excluding tert-OH is 1. The monoisotopic (exact) mass is 278 g/mol. The summed E-state index contributed by atoms with van der Waals surface area (Å²) in [5.41, 5.74) is 0. The molecule has 0 saturated carbocycles. The molecule has 1 heterocycles. The lowest BCUT2D eigenvalue weighted by Crippen LogP contribution is -2.18. The first-order chi connectivity index (χ1) is 9.31. The van der Waals surface area contributed by atoms with E-state index in [-0.39, 0.29) is 12.5 Å². The number of hydrogen-bond donors (Lipinski definition) is 1. The van der Waals surface area contributed by atoms with Crippen molar-refractivity contribution in [2.75, 3.05) is 20.3 Å². The average molecular weight is 278 g/mol. The minimum Gasteiger partial charge on any atom is -0.497 e. The predicted octanol–water partition coefficient (Wildman–Crippen LogP) is 2.99. The zero-order valence-corrected chi connectivity index (χ0v) is 11.7. The van der Waals surface area contributed by atoms with Crippen molar-refractivity contribution in [3.8, 4) is 11.5 Å². The van der Waals surface area contributed by atoms with Crippen LogP contribution in [-0.2, 0) is 6.42 Å². The van der Waals surface area contributed by atoms with Gasteiger partial charge in [-0.2, -0.15) is 0 Å². The molecule has 3 nitrogen and oxygen atoms in total. The Hall–Kier alpha value is -1.52. The Labute approximate surface area is 117 Å². The summed E-state index contributed by atoms with van der Waals surface area (Å²) in [4.78, 5) is 1.27. The second-order valence-corrected chi connectivity index (χ2v) is 5.35. The molecule has 19 heavy (non-hydrogen) atoms. The first-order valence-electron chi connectivity index (χ1n) is 6.22. The molecule has 0 aliphatic rings. The molecule has 1 aromatic carbocycles. The van der Waals surface area contributed by atoms with Gasteiger partial charge in [0.15, 0.2) is 0 Å². The maximum atomic E-state index is 9.40. The van der Waals surface area contributed by atoms with Crippen LogP contribution in [0.15, 0.2) is 41.8 Å². The zero-order valence-electron chi connectivity index (χ0n) is 10.9. The van der Waals surface area contributed by atoms with Gasteiger partial charge >= 0.3 is 0 Å². The van der Waals surface area contributed by atoms with E-state index in [1.165, 1.54) is 4.88 Å². The Morgan fingerprint density at radius 3 is 2.74 bits per heavy atom. The highest BCUT2D eigenvalue weighted by atomic mass is 32.1. The fraction of sp³-hybridized carbons (Fsp3) is 0.333. The van der Waals surface area contributed by atoms with E-state index in [1.54, 1.807) is 18.4 Å². The van der Waals surface area contributed by atoms with Crippen LogP contribution in [0.4, 0.5) is 0 Å². The van der Waals surface area contributed by atoms with E-state index in [4.69, 9.17) is 9.47 Å². The zero-order chi connectivity index (χ0) is 13.5. The van der Waals surface area contributed by atoms with E-state index < -0.39 is 0 Å². The Morgan fingerprint density at radius 2 is 2.05 bits per heavy atom. The maximum Gasteiger partial charge on any atom is 0.123 e. The second-order valence-electron chi connectivity index (χ2n) is 4.32. The van der Waals surface area contributed by atoms with Gasteiger partial charge in [0, 0.05) is 23.5 Å². The highest BCUT2D eigenvalue weighted by molar-refractivity contribution is 7.09. The topological polar surface area (TPSA) is 38.7 Å². The highest BCUT2D eigenvalue weighted by Crippen LogP contribution is 2.20. The van der Waals surface area contributed by atoms with Gasteiger partial charge in [-0.1, -0.05) is 12.1 Å². The van der Waals surface area contributed by atoms with Gasteiger partial charge in [-0.15, -0.1) is 11.3 Å². The predicted molar refractivity (Wildman–Crippen MR) is 77.1 cm³/mol. The minimum atomic E-state index is 0.116. The van der Waals surface area contributed by atoms with Crippen molar-refractivity contribution < 1.29 is 14.6 Å². The quantitative estimate of drug-likeness (QED) is 0.846. The number of hydrogen-bond acceptors (Lipinski definition) is 4. The van der Waals surface area contributed by atoms with E-state index in [9.17, 15) is 5.11 Å². The van der Waals surface area contributed by atoms with Gasteiger partial charge in [0.25, 0.3) is 0 Å². The van der Waals surface area contributed by atoms with Crippen LogP contribution >= 0.6 is 11.3 Å². The Morgan fingerprint density at radius 1 is 1.21 bits per heavy atom. The first-order valence-corrected chi connectivity index (χ1v) is 7.10. The molecule has 0 spiro atoms. The normalized spacial score (nSPS) is 12.1. The van der Waals surface area contributed by atoms with Crippen LogP contribution in [0, 0.1) is 5.92 Å². The number of aliphatic hydroxyl groups is 1. The largest absolute Gasteiger partial charge is 0.497 e. The van der Waals surface area contributed by atoms with Gasteiger partial charge in [-0.25, -0.2) is 0 Å². The average Bonchev–Trinajstić information content (AvgIpc) is 2.96. The summed E-state index contributed by atoms with van der Waals surface area (Å²) < 4.78 is 10.9. The number of rotatable bonds is 7. The molecular formula is C15H18O3S. The second kappa shape index (κ2) is 7.16. The molecule has 1 atom stereocenters. The van der Waals surface area contributed by atoms with Crippen LogP contribution in [0.2, 0.25) is 0 Å². The van der Waals surface area contributed by atoms with Crippen LogP contribution in [0.5, 0.6) is 11.5 Å². The summed E-state index contributed by atoms with van der Waals surface area (Å²) in [6.07, 6.45) is 0.845. The van der Waals surface area contributed by atoms with Crippen LogP contribution in [-0.4, -0.2) is 25.4 Å². The summed E-state index contributed by atoms with van der Waals surface area (Å²) in [5.74, 6) is 1.66. The molecule has 1 N–H and O–H groups in total. The number of thiophene rings is 1. The molecule has 0 aliphatic carbocycles. The van der Waals surface area contributed by atoms with E-state index in [0.29, 0.717) is 6.61 Å². The molecule has 0 fully saturated rings. The van der Waals surface area contributed by atoms with Crippen LogP contribution < -0.4 is 9.47 Å². The van der Waals surface area contributed by atoms with Crippen molar-refractivity contribution >= 4 is 11.3 Å². The summed E-state index contributed by atoms with van der Waals surface area (Å²) in [7, 11) is 1.63. The maximum absolute atomic E-state index is 9.40. The Kier molecular flexibility index (Phi) is 5.24. The van der Waals surface area contributed by atoms with Crippen LogP contribution in [0.25, 0.3) is 0 Å². The lowest BCUT2D eigenvalue weighted by atomic mass is 10.1. The van der Waals surface area contributed by atoms with E-state index in [0.717, 1.165) is 17.9 Å². The number of methoxy groups -OCH3 is 1. The fourth-order valence-corrected chi connectivity index (χ4v) is 2.62. The third-order valence-corrected chi connectivity index (χ3v) is 3.75. The molecule has 1 aromatic heterocycles. The standard InChI is InChI=1S/C15H18O3S/c1-17-13-4-2-5-14(9-13)18-11-12(10-16)8-15-6-3-7-19-15/h2-7,9,12,16H,8,10-11H2,1H3. The van der Waals surface area contributed by atoms with E-state index >= 15 is 0 Å². The van der Waals surface area contributed by atoms with Gasteiger partial charge in [0.1, 0.15) is 11.5 Å². The molecule has 0 amide bonds. The SMILES string of the molecule is COc1cccc(OCC(CO)Cc2cccs2)c1. The molecular weight excluding hydrogens is 260 g/mol. The van der Waals surface area contributed by atoms with Gasteiger partial charge in [-0.3, -0.25) is 0 Å². The van der Waals surface area contributed by atoms with Crippen molar-refractivity contribution in [2.45, 2.75) is 6.42 Å².